The van der Waals surface area contributed by atoms with E-state index < -0.39 is 0 Å². The summed E-state index contributed by atoms with van der Waals surface area (Å²) in [5.74, 6) is 0.219. The van der Waals surface area contributed by atoms with Gasteiger partial charge in [0.15, 0.2) is 5.13 Å². The third-order valence-electron chi connectivity index (χ3n) is 5.43. The van der Waals surface area contributed by atoms with Gasteiger partial charge >= 0.3 is 0 Å². The van der Waals surface area contributed by atoms with Gasteiger partial charge in [-0.05, 0) is 35.7 Å². The molecule has 2 heterocycles. The molecule has 1 amide bonds. The van der Waals surface area contributed by atoms with E-state index in [0.29, 0.717) is 11.7 Å². The Morgan fingerprint density at radius 3 is 2.50 bits per heavy atom. The van der Waals surface area contributed by atoms with E-state index >= 15 is 0 Å². The minimum absolute atomic E-state index is 0.219. The second-order valence-corrected chi connectivity index (χ2v) is 10.6. The molecule has 0 aliphatic carbocycles. The van der Waals surface area contributed by atoms with Crippen LogP contribution in [-0.2, 0) is 17.6 Å². The summed E-state index contributed by atoms with van der Waals surface area (Å²) in [6, 6.07) is 14.9. The predicted molar refractivity (Wildman–Crippen MR) is 129 cm³/mol. The number of fused-ring (bicyclic) bond motifs is 1. The molecule has 3 aromatic rings. The number of hydrogen-bond donors (Lipinski definition) is 0. The molecule has 0 N–H and O–H groups in total. The Morgan fingerprint density at radius 2 is 1.83 bits per heavy atom. The molecule has 158 valence electrons. The van der Waals surface area contributed by atoms with Gasteiger partial charge in [0.25, 0.3) is 0 Å². The Bertz CT molecular complexity index is 1000. The van der Waals surface area contributed by atoms with Crippen molar-refractivity contribution in [1.82, 2.24) is 9.88 Å². The zero-order chi connectivity index (χ0) is 21.1. The Hall–Kier alpha value is -2.05. The first-order valence-corrected chi connectivity index (χ1v) is 12.4. The number of hydrogen-bond acceptors (Lipinski definition) is 5. The van der Waals surface area contributed by atoms with Gasteiger partial charge in [0.05, 0.1) is 16.6 Å². The van der Waals surface area contributed by atoms with E-state index in [-0.39, 0.29) is 5.91 Å². The van der Waals surface area contributed by atoms with Crippen molar-refractivity contribution in [1.29, 1.82) is 0 Å². The van der Waals surface area contributed by atoms with E-state index in [2.05, 4.69) is 68.1 Å². The van der Waals surface area contributed by atoms with E-state index in [0.717, 1.165) is 48.8 Å². The fraction of sp³-hybridized carbons (Fsp3) is 0.417. The van der Waals surface area contributed by atoms with Crippen LogP contribution >= 0.6 is 23.1 Å². The van der Waals surface area contributed by atoms with Crippen LogP contribution in [0.4, 0.5) is 5.13 Å². The monoisotopic (exact) mass is 439 g/mol. The van der Waals surface area contributed by atoms with Crippen molar-refractivity contribution in [2.75, 3.05) is 31.1 Å². The Balaban J connectivity index is 1.34. The number of aryl methyl sites for hydroxylation is 1. The van der Waals surface area contributed by atoms with Crippen molar-refractivity contribution in [3.8, 4) is 0 Å². The lowest BCUT2D eigenvalue weighted by atomic mass is 10.1. The summed E-state index contributed by atoms with van der Waals surface area (Å²) in [6.07, 6.45) is 1.48. The molecule has 0 spiro atoms. The van der Waals surface area contributed by atoms with Crippen LogP contribution in [0.5, 0.6) is 0 Å². The van der Waals surface area contributed by atoms with Crippen LogP contribution in [0.1, 0.15) is 31.9 Å². The van der Waals surface area contributed by atoms with Crippen LogP contribution < -0.4 is 4.90 Å². The maximum atomic E-state index is 12.8. The molecule has 1 aliphatic heterocycles. The van der Waals surface area contributed by atoms with Crippen LogP contribution in [0.3, 0.4) is 0 Å². The summed E-state index contributed by atoms with van der Waals surface area (Å²) in [4.78, 5) is 23.3. The van der Waals surface area contributed by atoms with Crippen molar-refractivity contribution in [2.24, 2.45) is 0 Å². The molecular weight excluding hydrogens is 410 g/mol. The molecule has 0 bridgehead atoms. The fourth-order valence-corrected chi connectivity index (χ4v) is 5.71. The predicted octanol–water partition coefficient (Wildman–Crippen LogP) is 5.25. The van der Waals surface area contributed by atoms with Gasteiger partial charge in [-0.1, -0.05) is 56.4 Å². The maximum absolute atomic E-state index is 12.8. The van der Waals surface area contributed by atoms with E-state index in [9.17, 15) is 4.79 Å². The molecule has 2 aromatic carbocycles. The van der Waals surface area contributed by atoms with E-state index in [1.165, 1.54) is 15.2 Å². The molecule has 1 aromatic heterocycles. The highest BCUT2D eigenvalue weighted by atomic mass is 32.2. The molecule has 0 atom stereocenters. The highest BCUT2D eigenvalue weighted by molar-refractivity contribution is 7.99. The Kier molecular flexibility index (Phi) is 6.64. The normalized spacial score (nSPS) is 14.7. The number of para-hydroxylation sites is 1. The first-order chi connectivity index (χ1) is 14.5. The number of nitrogens with zero attached hydrogens (tertiary/aromatic N) is 3. The summed E-state index contributed by atoms with van der Waals surface area (Å²) in [5.41, 5.74) is 3.54. The molecule has 4 rings (SSSR count). The van der Waals surface area contributed by atoms with Gasteiger partial charge in [-0.3, -0.25) is 4.79 Å². The molecule has 30 heavy (non-hydrogen) atoms. The van der Waals surface area contributed by atoms with Gasteiger partial charge < -0.3 is 9.80 Å². The molecule has 0 radical (unpaired) electrons. The smallest absolute Gasteiger partial charge is 0.227 e. The van der Waals surface area contributed by atoms with Gasteiger partial charge in [-0.2, -0.15) is 0 Å². The summed E-state index contributed by atoms with van der Waals surface area (Å²) in [5, 5.41) is 1.65. The first kappa shape index (κ1) is 21.2. The van der Waals surface area contributed by atoms with Crippen molar-refractivity contribution >= 4 is 44.4 Å². The van der Waals surface area contributed by atoms with Crippen LogP contribution in [-0.4, -0.2) is 47.2 Å². The first-order valence-electron chi connectivity index (χ1n) is 10.7. The highest BCUT2D eigenvalue weighted by Crippen LogP contribution is 2.31. The third-order valence-corrected chi connectivity index (χ3v) is 7.52. The molecule has 0 saturated carbocycles. The van der Waals surface area contributed by atoms with Gasteiger partial charge in [-0.15, -0.1) is 11.8 Å². The second kappa shape index (κ2) is 9.40. The molecular formula is C24H29N3OS2. The number of rotatable bonds is 6. The minimum Gasteiger partial charge on any atom is -0.345 e. The highest BCUT2D eigenvalue weighted by Gasteiger charge is 2.23. The zero-order valence-electron chi connectivity index (χ0n) is 17.9. The quantitative estimate of drug-likeness (QED) is 0.492. The van der Waals surface area contributed by atoms with Crippen LogP contribution in [0.15, 0.2) is 47.4 Å². The average Bonchev–Trinajstić information content (AvgIpc) is 3.19. The number of thiazole rings is 1. The fourth-order valence-electron chi connectivity index (χ4n) is 3.81. The number of benzene rings is 2. The van der Waals surface area contributed by atoms with Crippen molar-refractivity contribution in [3.05, 3.63) is 53.6 Å². The van der Waals surface area contributed by atoms with Crippen LogP contribution in [0.2, 0.25) is 0 Å². The standard InChI is InChI=1S/C24H29N3OS2/c1-4-19-6-5-7-21-23(19)25-24(30-21)27-14-12-26(13-15-27)22(28)16-18-8-10-20(11-9-18)29-17(2)3/h5-11,17H,4,12-16H2,1-3H3. The number of carbonyl (C=O) groups excluding carboxylic acids is 1. The summed E-state index contributed by atoms with van der Waals surface area (Å²) < 4.78 is 1.25. The Morgan fingerprint density at radius 1 is 1.10 bits per heavy atom. The van der Waals surface area contributed by atoms with Crippen molar-refractivity contribution in [3.63, 3.8) is 0 Å². The largest absolute Gasteiger partial charge is 0.345 e. The SMILES string of the molecule is CCc1cccc2sc(N3CCN(C(=O)Cc4ccc(SC(C)C)cc4)CC3)nc12. The van der Waals surface area contributed by atoms with Gasteiger partial charge in [0, 0.05) is 36.3 Å². The van der Waals surface area contributed by atoms with Crippen LogP contribution in [0.25, 0.3) is 10.2 Å². The molecule has 4 nitrogen and oxygen atoms in total. The molecule has 1 aliphatic rings. The number of carbonyl (C=O) groups is 1. The second-order valence-electron chi connectivity index (χ2n) is 7.97. The molecule has 1 fully saturated rings. The summed E-state index contributed by atoms with van der Waals surface area (Å²) in [7, 11) is 0. The lowest BCUT2D eigenvalue weighted by Gasteiger charge is -2.34. The zero-order valence-corrected chi connectivity index (χ0v) is 19.6. The molecule has 1 saturated heterocycles. The van der Waals surface area contributed by atoms with Gasteiger partial charge in [-0.25, -0.2) is 4.98 Å². The number of piperazine rings is 1. The number of thioether (sulfide) groups is 1. The lowest BCUT2D eigenvalue weighted by Crippen LogP contribution is -2.49. The molecule has 0 unspecified atom stereocenters. The number of amides is 1. The van der Waals surface area contributed by atoms with Crippen molar-refractivity contribution in [2.45, 2.75) is 43.8 Å². The van der Waals surface area contributed by atoms with Gasteiger partial charge in [0.2, 0.25) is 5.91 Å². The molecule has 6 heteroatoms. The van der Waals surface area contributed by atoms with E-state index in [1.54, 1.807) is 11.3 Å². The maximum Gasteiger partial charge on any atom is 0.227 e. The number of anilines is 1. The number of aromatic nitrogens is 1. The van der Waals surface area contributed by atoms with E-state index in [1.807, 2.05) is 16.7 Å². The van der Waals surface area contributed by atoms with E-state index in [4.69, 9.17) is 4.98 Å². The third kappa shape index (κ3) is 4.81. The lowest BCUT2D eigenvalue weighted by molar-refractivity contribution is -0.130. The van der Waals surface area contributed by atoms with Crippen LogP contribution in [0, 0.1) is 0 Å². The topological polar surface area (TPSA) is 36.4 Å². The minimum atomic E-state index is 0.219. The van der Waals surface area contributed by atoms with Gasteiger partial charge in [0.1, 0.15) is 0 Å². The Labute approximate surface area is 187 Å². The summed E-state index contributed by atoms with van der Waals surface area (Å²) in [6.45, 7) is 9.77. The summed E-state index contributed by atoms with van der Waals surface area (Å²) >= 11 is 3.61. The van der Waals surface area contributed by atoms with Crippen molar-refractivity contribution < 1.29 is 4.79 Å². The average molecular weight is 440 g/mol.